The van der Waals surface area contributed by atoms with Gasteiger partial charge in [-0.1, -0.05) is 0 Å². The van der Waals surface area contributed by atoms with Crippen LogP contribution in [0.2, 0.25) is 0 Å². The van der Waals surface area contributed by atoms with Crippen molar-refractivity contribution in [1.29, 1.82) is 0 Å². The highest BCUT2D eigenvalue weighted by molar-refractivity contribution is 9.10. The minimum absolute atomic E-state index is 0.0306. The molecule has 6 heteroatoms. The summed E-state index contributed by atoms with van der Waals surface area (Å²) in [5.41, 5.74) is 1.05. The van der Waals surface area contributed by atoms with Crippen molar-refractivity contribution < 1.29 is 13.6 Å². The van der Waals surface area contributed by atoms with Crippen molar-refractivity contribution in [2.45, 2.75) is 19.3 Å². The molecule has 1 aliphatic rings. The van der Waals surface area contributed by atoms with Gasteiger partial charge in [-0.05, 0) is 52.9 Å². The Hall–Kier alpha value is -1.27. The summed E-state index contributed by atoms with van der Waals surface area (Å²) in [6.45, 7) is 0. The van der Waals surface area contributed by atoms with E-state index in [1.807, 2.05) is 6.07 Å². The third kappa shape index (κ3) is 2.50. The maximum absolute atomic E-state index is 13.7. The van der Waals surface area contributed by atoms with Gasteiger partial charge in [-0.25, -0.2) is 8.78 Å². The van der Waals surface area contributed by atoms with Crippen molar-refractivity contribution in [1.82, 2.24) is 0 Å². The van der Waals surface area contributed by atoms with Crippen LogP contribution in [-0.4, -0.2) is 5.91 Å². The Balaban J connectivity index is 1.83. The Morgan fingerprint density at radius 2 is 2.00 bits per heavy atom. The van der Waals surface area contributed by atoms with Gasteiger partial charge in [-0.3, -0.25) is 4.79 Å². The molecule has 0 saturated carbocycles. The predicted octanol–water partition coefficient (Wildman–Crippen LogP) is 4.53. The number of nitrogens with one attached hydrogen (secondary N) is 1. The summed E-state index contributed by atoms with van der Waals surface area (Å²) in [5, 5.41) is 2.42. The quantitative estimate of drug-likeness (QED) is 0.786. The number of anilines is 1. The van der Waals surface area contributed by atoms with Gasteiger partial charge in [0.05, 0.1) is 15.0 Å². The molecule has 104 valence electrons. The first-order valence-corrected chi connectivity index (χ1v) is 7.73. The fraction of sp³-hybridized carbons (Fsp3) is 0.214. The third-order valence-electron chi connectivity index (χ3n) is 3.23. The molecule has 0 saturated heterocycles. The smallest absolute Gasteiger partial charge is 0.265 e. The van der Waals surface area contributed by atoms with E-state index in [0.717, 1.165) is 31.4 Å². The topological polar surface area (TPSA) is 29.1 Å². The Labute approximate surface area is 126 Å². The summed E-state index contributed by atoms with van der Waals surface area (Å²) in [6.07, 6.45) is 3.10. The molecule has 20 heavy (non-hydrogen) atoms. The largest absolute Gasteiger partial charge is 0.319 e. The van der Waals surface area contributed by atoms with Crippen LogP contribution in [0.4, 0.5) is 14.5 Å². The number of hydrogen-bond acceptors (Lipinski definition) is 2. The van der Waals surface area contributed by atoms with E-state index in [4.69, 9.17) is 0 Å². The average Bonchev–Trinajstić information content (AvgIpc) is 2.96. The molecule has 0 unspecified atom stereocenters. The number of rotatable bonds is 2. The maximum atomic E-state index is 13.7. The molecule has 3 rings (SSSR count). The molecule has 0 atom stereocenters. The second kappa shape index (κ2) is 5.26. The van der Waals surface area contributed by atoms with Gasteiger partial charge in [0.25, 0.3) is 5.91 Å². The number of carbonyl (C=O) groups excluding carboxylic acids is 1. The number of benzene rings is 1. The molecule has 0 radical (unpaired) electrons. The summed E-state index contributed by atoms with van der Waals surface area (Å²) in [5.74, 6) is -1.68. The highest BCUT2D eigenvalue weighted by Crippen LogP contribution is 2.31. The van der Waals surface area contributed by atoms with Crippen molar-refractivity contribution >= 4 is 38.9 Å². The fourth-order valence-corrected chi connectivity index (χ4v) is 3.71. The van der Waals surface area contributed by atoms with E-state index >= 15 is 0 Å². The summed E-state index contributed by atoms with van der Waals surface area (Å²) in [4.78, 5) is 13.8. The number of hydrogen-bond donors (Lipinski definition) is 1. The van der Waals surface area contributed by atoms with Crippen molar-refractivity contribution in [3.8, 4) is 0 Å². The number of fused-ring (bicyclic) bond motifs is 1. The first kappa shape index (κ1) is 13.7. The Kier molecular flexibility index (Phi) is 3.60. The molecular weight excluding hydrogens is 348 g/mol. The minimum atomic E-state index is -0.671. The van der Waals surface area contributed by atoms with Crippen LogP contribution < -0.4 is 5.32 Å². The van der Waals surface area contributed by atoms with Gasteiger partial charge in [-0.2, -0.15) is 0 Å². The number of thiophene rings is 1. The summed E-state index contributed by atoms with van der Waals surface area (Å²) in [7, 11) is 0. The van der Waals surface area contributed by atoms with Crippen molar-refractivity contribution in [2.75, 3.05) is 5.32 Å². The maximum Gasteiger partial charge on any atom is 0.265 e. The Morgan fingerprint density at radius 1 is 1.20 bits per heavy atom. The lowest BCUT2D eigenvalue weighted by Gasteiger charge is -2.06. The lowest BCUT2D eigenvalue weighted by molar-refractivity contribution is 0.103. The second-order valence-corrected chi connectivity index (χ2v) is 6.60. The number of amides is 1. The van der Waals surface area contributed by atoms with E-state index in [2.05, 4.69) is 21.2 Å². The SMILES string of the molecule is O=C(Nc1cc(F)c(Br)cc1F)c1cc2c(s1)CCC2. The summed E-state index contributed by atoms with van der Waals surface area (Å²) < 4.78 is 27.1. The van der Waals surface area contributed by atoms with Crippen LogP contribution >= 0.6 is 27.3 Å². The van der Waals surface area contributed by atoms with Gasteiger partial charge in [-0.15, -0.1) is 11.3 Å². The zero-order chi connectivity index (χ0) is 14.3. The predicted molar refractivity (Wildman–Crippen MR) is 78.4 cm³/mol. The standard InChI is InChI=1S/C14H10BrF2NOS/c15-8-5-10(17)11(6-9(8)16)18-14(19)13-4-7-2-1-3-12(7)20-13/h4-6H,1-3H2,(H,18,19). The van der Waals surface area contributed by atoms with Crippen LogP contribution in [-0.2, 0) is 12.8 Å². The molecule has 1 amide bonds. The van der Waals surface area contributed by atoms with Crippen LogP contribution in [0.1, 0.15) is 26.5 Å². The van der Waals surface area contributed by atoms with Gasteiger partial charge < -0.3 is 5.32 Å². The average molecular weight is 358 g/mol. The number of halogens is 3. The van der Waals surface area contributed by atoms with Crippen LogP contribution in [0.25, 0.3) is 0 Å². The third-order valence-corrected chi connectivity index (χ3v) is 5.07. The van der Waals surface area contributed by atoms with Crippen LogP contribution in [0.15, 0.2) is 22.7 Å². The zero-order valence-corrected chi connectivity index (χ0v) is 12.7. The van der Waals surface area contributed by atoms with E-state index in [-0.39, 0.29) is 10.2 Å². The van der Waals surface area contributed by atoms with E-state index in [1.165, 1.54) is 21.8 Å². The first-order valence-electron chi connectivity index (χ1n) is 6.12. The van der Waals surface area contributed by atoms with Crippen molar-refractivity contribution in [2.24, 2.45) is 0 Å². The molecule has 0 spiro atoms. The molecule has 0 aliphatic heterocycles. The fourth-order valence-electron chi connectivity index (χ4n) is 2.24. The van der Waals surface area contributed by atoms with Crippen LogP contribution in [0.3, 0.4) is 0 Å². The molecule has 0 fully saturated rings. The van der Waals surface area contributed by atoms with E-state index in [0.29, 0.717) is 4.88 Å². The van der Waals surface area contributed by atoms with Crippen LogP contribution in [0.5, 0.6) is 0 Å². The Morgan fingerprint density at radius 3 is 2.75 bits per heavy atom. The van der Waals surface area contributed by atoms with Gasteiger partial charge in [0.15, 0.2) is 0 Å². The molecule has 1 heterocycles. The minimum Gasteiger partial charge on any atom is -0.319 e. The highest BCUT2D eigenvalue weighted by Gasteiger charge is 2.19. The molecule has 1 aromatic heterocycles. The zero-order valence-electron chi connectivity index (χ0n) is 10.3. The molecule has 1 aromatic carbocycles. The lowest BCUT2D eigenvalue weighted by Crippen LogP contribution is -2.12. The molecule has 1 aliphatic carbocycles. The van der Waals surface area contributed by atoms with Gasteiger partial charge in [0.1, 0.15) is 11.6 Å². The van der Waals surface area contributed by atoms with Crippen LogP contribution in [0, 0.1) is 11.6 Å². The monoisotopic (exact) mass is 357 g/mol. The highest BCUT2D eigenvalue weighted by atomic mass is 79.9. The van der Waals surface area contributed by atoms with Gasteiger partial charge in [0.2, 0.25) is 0 Å². The first-order chi connectivity index (χ1) is 9.54. The summed E-state index contributed by atoms with van der Waals surface area (Å²) >= 11 is 4.32. The molecular formula is C14H10BrF2NOS. The molecule has 2 nitrogen and oxygen atoms in total. The second-order valence-electron chi connectivity index (χ2n) is 4.61. The molecule has 1 N–H and O–H groups in total. The number of aryl methyl sites for hydroxylation is 2. The van der Waals surface area contributed by atoms with E-state index in [1.54, 1.807) is 0 Å². The summed E-state index contributed by atoms with van der Waals surface area (Å²) in [6, 6.07) is 3.81. The normalized spacial score (nSPS) is 13.3. The Bertz CT molecular complexity index is 677. The van der Waals surface area contributed by atoms with Crippen molar-refractivity contribution in [3.63, 3.8) is 0 Å². The van der Waals surface area contributed by atoms with E-state index < -0.39 is 17.5 Å². The van der Waals surface area contributed by atoms with Crippen molar-refractivity contribution in [3.05, 3.63) is 49.6 Å². The van der Waals surface area contributed by atoms with Gasteiger partial charge >= 0.3 is 0 Å². The molecule has 2 aromatic rings. The van der Waals surface area contributed by atoms with E-state index in [9.17, 15) is 13.6 Å². The number of carbonyl (C=O) groups is 1. The lowest BCUT2D eigenvalue weighted by atomic mass is 10.2. The van der Waals surface area contributed by atoms with Gasteiger partial charge in [0, 0.05) is 10.9 Å². The molecule has 0 bridgehead atoms.